The van der Waals surface area contributed by atoms with Gasteiger partial charge in [-0.3, -0.25) is 4.79 Å². The molecule has 2 aromatic carbocycles. The van der Waals surface area contributed by atoms with Crippen LogP contribution in [0, 0.1) is 18.6 Å². The third-order valence-corrected chi connectivity index (χ3v) is 3.77. The number of benzene rings is 2. The van der Waals surface area contributed by atoms with Crippen LogP contribution in [0.3, 0.4) is 0 Å². The molecule has 0 aliphatic rings. The maximum atomic E-state index is 13.2. The first-order valence-electron chi connectivity index (χ1n) is 7.54. The Bertz CT molecular complexity index is 964. The molecule has 132 valence electrons. The van der Waals surface area contributed by atoms with Crippen LogP contribution in [0.5, 0.6) is 0 Å². The minimum Gasteiger partial charge on any atom is -0.324 e. The number of halogens is 3. The number of nitrogens with zero attached hydrogens (tertiary/aromatic N) is 2. The summed E-state index contributed by atoms with van der Waals surface area (Å²) in [4.78, 5) is 20.3. The Morgan fingerprint density at radius 1 is 1.04 bits per heavy atom. The van der Waals surface area contributed by atoms with E-state index in [4.69, 9.17) is 11.6 Å². The van der Waals surface area contributed by atoms with Gasteiger partial charge >= 0.3 is 0 Å². The Morgan fingerprint density at radius 2 is 1.77 bits per heavy atom. The van der Waals surface area contributed by atoms with Gasteiger partial charge in [0, 0.05) is 34.9 Å². The van der Waals surface area contributed by atoms with E-state index in [-0.39, 0.29) is 17.2 Å². The summed E-state index contributed by atoms with van der Waals surface area (Å²) in [6.45, 7) is 1.84. The van der Waals surface area contributed by atoms with Gasteiger partial charge in [0.05, 0.1) is 5.56 Å². The molecule has 0 atom stereocenters. The average molecular weight is 375 g/mol. The summed E-state index contributed by atoms with van der Waals surface area (Å²) in [6, 6.07) is 8.50. The summed E-state index contributed by atoms with van der Waals surface area (Å²) in [7, 11) is 0. The fourth-order valence-corrected chi connectivity index (χ4v) is 2.31. The van der Waals surface area contributed by atoms with Gasteiger partial charge in [-0.15, -0.1) is 0 Å². The van der Waals surface area contributed by atoms with Crippen molar-refractivity contribution >= 4 is 34.8 Å². The van der Waals surface area contributed by atoms with E-state index in [0.717, 1.165) is 17.7 Å². The number of rotatable bonds is 4. The van der Waals surface area contributed by atoms with Gasteiger partial charge in [0.1, 0.15) is 0 Å². The predicted molar refractivity (Wildman–Crippen MR) is 95.8 cm³/mol. The molecule has 0 fully saturated rings. The minimum absolute atomic E-state index is 0.145. The molecule has 0 spiro atoms. The minimum atomic E-state index is -0.983. The quantitative estimate of drug-likeness (QED) is 0.694. The van der Waals surface area contributed by atoms with Crippen molar-refractivity contribution in [3.8, 4) is 0 Å². The topological polar surface area (TPSA) is 66.9 Å². The highest BCUT2D eigenvalue weighted by Crippen LogP contribution is 2.21. The number of aryl methyl sites for hydroxylation is 1. The lowest BCUT2D eigenvalue weighted by atomic mass is 10.2. The van der Waals surface area contributed by atoms with Crippen LogP contribution < -0.4 is 10.6 Å². The Kier molecular flexibility index (Phi) is 5.09. The molecule has 0 saturated carbocycles. The van der Waals surface area contributed by atoms with Gasteiger partial charge in [0.2, 0.25) is 5.95 Å². The lowest BCUT2D eigenvalue weighted by Crippen LogP contribution is -2.14. The number of anilines is 3. The van der Waals surface area contributed by atoms with E-state index in [1.165, 1.54) is 18.5 Å². The van der Waals surface area contributed by atoms with Crippen molar-refractivity contribution in [3.63, 3.8) is 0 Å². The van der Waals surface area contributed by atoms with E-state index in [1.54, 1.807) is 18.2 Å². The maximum Gasteiger partial charge on any atom is 0.258 e. The van der Waals surface area contributed by atoms with Crippen LogP contribution in [0.4, 0.5) is 26.1 Å². The first kappa shape index (κ1) is 17.8. The van der Waals surface area contributed by atoms with Crippen molar-refractivity contribution in [2.45, 2.75) is 6.92 Å². The van der Waals surface area contributed by atoms with Crippen molar-refractivity contribution in [1.82, 2.24) is 9.97 Å². The Balaban J connectivity index is 1.71. The molecule has 0 unspecified atom stereocenters. The molecule has 1 heterocycles. The van der Waals surface area contributed by atoms with E-state index in [2.05, 4.69) is 20.6 Å². The molecule has 26 heavy (non-hydrogen) atoms. The summed E-state index contributed by atoms with van der Waals surface area (Å²) in [5.41, 5.74) is 1.97. The number of amides is 1. The second kappa shape index (κ2) is 7.45. The van der Waals surface area contributed by atoms with Crippen LogP contribution in [0.25, 0.3) is 0 Å². The highest BCUT2D eigenvalue weighted by Gasteiger charge is 2.10. The molecule has 8 heteroatoms. The second-order valence-corrected chi connectivity index (χ2v) is 5.90. The third kappa shape index (κ3) is 4.12. The molecule has 0 bridgehead atoms. The Labute approximate surface area is 153 Å². The summed E-state index contributed by atoms with van der Waals surface area (Å²) >= 11 is 5.93. The van der Waals surface area contributed by atoms with Crippen molar-refractivity contribution < 1.29 is 13.6 Å². The first-order chi connectivity index (χ1) is 12.4. The molecule has 0 saturated heterocycles. The van der Waals surface area contributed by atoms with Crippen LogP contribution in [-0.2, 0) is 0 Å². The Hall–Kier alpha value is -3.06. The van der Waals surface area contributed by atoms with Crippen molar-refractivity contribution in [2.24, 2.45) is 0 Å². The fourth-order valence-electron chi connectivity index (χ4n) is 2.14. The summed E-state index contributed by atoms with van der Waals surface area (Å²) < 4.78 is 26.1. The fraction of sp³-hybridized carbons (Fsp3) is 0.0556. The van der Waals surface area contributed by atoms with E-state index < -0.39 is 17.5 Å². The van der Waals surface area contributed by atoms with Crippen molar-refractivity contribution in [2.75, 3.05) is 10.6 Å². The lowest BCUT2D eigenvalue weighted by molar-refractivity contribution is 0.102. The van der Waals surface area contributed by atoms with Crippen LogP contribution in [0.1, 0.15) is 15.9 Å². The van der Waals surface area contributed by atoms with Crippen LogP contribution >= 0.6 is 11.6 Å². The number of hydrogen-bond donors (Lipinski definition) is 2. The van der Waals surface area contributed by atoms with Gasteiger partial charge in [0.15, 0.2) is 11.6 Å². The molecule has 0 radical (unpaired) electrons. The third-order valence-electron chi connectivity index (χ3n) is 3.54. The average Bonchev–Trinajstić information content (AvgIpc) is 2.62. The molecule has 3 rings (SSSR count). The van der Waals surface area contributed by atoms with Gasteiger partial charge in [-0.1, -0.05) is 17.7 Å². The van der Waals surface area contributed by atoms with Crippen LogP contribution in [0.15, 0.2) is 48.8 Å². The molecular weight excluding hydrogens is 362 g/mol. The molecule has 1 aromatic heterocycles. The molecule has 1 amide bonds. The summed E-state index contributed by atoms with van der Waals surface area (Å²) in [5, 5.41) is 5.97. The molecular formula is C18H13ClF2N4O. The van der Waals surface area contributed by atoms with E-state index in [0.29, 0.717) is 10.7 Å². The summed E-state index contributed by atoms with van der Waals surface area (Å²) in [6.07, 6.45) is 2.65. The number of aromatic nitrogens is 2. The van der Waals surface area contributed by atoms with Crippen molar-refractivity contribution in [3.05, 3.63) is 76.6 Å². The maximum absolute atomic E-state index is 13.2. The smallest absolute Gasteiger partial charge is 0.258 e. The van der Waals surface area contributed by atoms with E-state index in [1.807, 2.05) is 6.92 Å². The normalized spacial score (nSPS) is 10.5. The molecule has 0 aliphatic carbocycles. The van der Waals surface area contributed by atoms with Gasteiger partial charge in [0.25, 0.3) is 5.91 Å². The van der Waals surface area contributed by atoms with Crippen LogP contribution in [-0.4, -0.2) is 15.9 Å². The predicted octanol–water partition coefficient (Wildman–Crippen LogP) is 4.71. The zero-order valence-corrected chi connectivity index (χ0v) is 14.3. The first-order valence-corrected chi connectivity index (χ1v) is 7.92. The number of hydrogen-bond acceptors (Lipinski definition) is 4. The lowest BCUT2D eigenvalue weighted by Gasteiger charge is -2.09. The molecule has 0 aliphatic heterocycles. The highest BCUT2D eigenvalue weighted by molar-refractivity contribution is 6.31. The Morgan fingerprint density at radius 3 is 2.46 bits per heavy atom. The summed E-state index contributed by atoms with van der Waals surface area (Å²) in [5.74, 6) is -2.18. The van der Waals surface area contributed by atoms with E-state index >= 15 is 0 Å². The molecule has 2 N–H and O–H groups in total. The molecule has 3 aromatic rings. The second-order valence-electron chi connectivity index (χ2n) is 5.46. The van der Waals surface area contributed by atoms with Gasteiger partial charge in [-0.05, 0) is 36.8 Å². The van der Waals surface area contributed by atoms with Crippen LogP contribution in [0.2, 0.25) is 5.02 Å². The largest absolute Gasteiger partial charge is 0.324 e. The number of carbonyl (C=O) groups is 1. The van der Waals surface area contributed by atoms with Crippen molar-refractivity contribution in [1.29, 1.82) is 0 Å². The zero-order valence-electron chi connectivity index (χ0n) is 13.6. The zero-order chi connectivity index (χ0) is 18.7. The number of carbonyl (C=O) groups excluding carboxylic acids is 1. The molecule has 5 nitrogen and oxygen atoms in total. The monoisotopic (exact) mass is 374 g/mol. The SMILES string of the molecule is Cc1ccc(Cl)cc1NC(=O)c1cnc(Nc2ccc(F)c(F)c2)nc1. The van der Waals surface area contributed by atoms with Gasteiger partial charge < -0.3 is 10.6 Å². The number of nitrogens with one attached hydrogen (secondary N) is 2. The highest BCUT2D eigenvalue weighted by atomic mass is 35.5. The van der Waals surface area contributed by atoms with Gasteiger partial charge in [-0.2, -0.15) is 0 Å². The van der Waals surface area contributed by atoms with Gasteiger partial charge in [-0.25, -0.2) is 18.7 Å². The standard InChI is InChI=1S/C18H13ClF2N4O/c1-10-2-3-12(19)6-16(10)25-17(26)11-8-22-18(23-9-11)24-13-4-5-14(20)15(21)7-13/h2-9H,1H3,(H,25,26)(H,22,23,24). The van der Waals surface area contributed by atoms with E-state index in [9.17, 15) is 13.6 Å².